The molecule has 1 aromatic heterocycles. The zero-order valence-electron chi connectivity index (χ0n) is 10.9. The molecule has 0 aliphatic carbocycles. The van der Waals surface area contributed by atoms with E-state index in [1.807, 2.05) is 11.3 Å². The molecule has 2 nitrogen and oxygen atoms in total. The predicted molar refractivity (Wildman–Crippen MR) is 79.3 cm³/mol. The lowest BCUT2D eigenvalue weighted by Crippen LogP contribution is -2.45. The SMILES string of the molecule is CC[C@@H](c1csc2ccccc12)N1CCNCC1. The van der Waals surface area contributed by atoms with Gasteiger partial charge in [-0.25, -0.2) is 0 Å². The molecule has 2 aromatic rings. The van der Waals surface area contributed by atoms with Crippen molar-refractivity contribution in [3.8, 4) is 0 Å². The predicted octanol–water partition coefficient (Wildman–Crippen LogP) is 3.26. The van der Waals surface area contributed by atoms with Crippen LogP contribution >= 0.6 is 11.3 Å². The molecule has 0 saturated carbocycles. The Kier molecular flexibility index (Phi) is 3.64. The fourth-order valence-corrected chi connectivity index (χ4v) is 3.93. The zero-order chi connectivity index (χ0) is 12.4. The third kappa shape index (κ3) is 2.18. The van der Waals surface area contributed by atoms with Crippen molar-refractivity contribution in [2.24, 2.45) is 0 Å². The van der Waals surface area contributed by atoms with E-state index >= 15 is 0 Å². The zero-order valence-corrected chi connectivity index (χ0v) is 11.7. The minimum atomic E-state index is 0.586. The van der Waals surface area contributed by atoms with Crippen molar-refractivity contribution in [3.63, 3.8) is 0 Å². The number of hydrogen-bond acceptors (Lipinski definition) is 3. The fourth-order valence-electron chi connectivity index (χ4n) is 2.92. The van der Waals surface area contributed by atoms with E-state index in [1.165, 1.54) is 35.2 Å². The highest BCUT2D eigenvalue weighted by Crippen LogP contribution is 2.34. The highest BCUT2D eigenvalue weighted by molar-refractivity contribution is 7.17. The first kappa shape index (κ1) is 12.2. The van der Waals surface area contributed by atoms with Gasteiger partial charge in [0.05, 0.1) is 0 Å². The van der Waals surface area contributed by atoms with Crippen LogP contribution in [0.5, 0.6) is 0 Å². The summed E-state index contributed by atoms with van der Waals surface area (Å²) in [6.07, 6.45) is 1.20. The van der Waals surface area contributed by atoms with Gasteiger partial charge < -0.3 is 5.32 Å². The summed E-state index contributed by atoms with van der Waals surface area (Å²) in [5.74, 6) is 0. The summed E-state index contributed by atoms with van der Waals surface area (Å²) in [5, 5.41) is 7.25. The first-order chi connectivity index (χ1) is 8.90. The summed E-state index contributed by atoms with van der Waals surface area (Å²) in [6, 6.07) is 9.38. The Morgan fingerprint density at radius 2 is 2.06 bits per heavy atom. The third-order valence-electron chi connectivity index (χ3n) is 3.85. The first-order valence-electron chi connectivity index (χ1n) is 6.81. The quantitative estimate of drug-likeness (QED) is 0.911. The van der Waals surface area contributed by atoms with E-state index in [4.69, 9.17) is 0 Å². The molecule has 1 N–H and O–H groups in total. The smallest absolute Gasteiger partial charge is 0.0360 e. The van der Waals surface area contributed by atoms with Crippen LogP contribution < -0.4 is 5.32 Å². The maximum Gasteiger partial charge on any atom is 0.0360 e. The molecule has 1 aliphatic heterocycles. The summed E-state index contributed by atoms with van der Waals surface area (Å²) in [4.78, 5) is 2.63. The molecule has 1 saturated heterocycles. The molecule has 3 rings (SSSR count). The Morgan fingerprint density at radius 3 is 2.83 bits per heavy atom. The normalized spacial score (nSPS) is 19.2. The number of rotatable bonds is 3. The molecule has 0 spiro atoms. The Hall–Kier alpha value is -0.900. The molecular formula is C15H20N2S. The molecule has 0 unspecified atom stereocenters. The van der Waals surface area contributed by atoms with Gasteiger partial charge in [-0.15, -0.1) is 11.3 Å². The van der Waals surface area contributed by atoms with Gasteiger partial charge in [-0.05, 0) is 28.8 Å². The van der Waals surface area contributed by atoms with E-state index in [9.17, 15) is 0 Å². The van der Waals surface area contributed by atoms with Gasteiger partial charge in [-0.1, -0.05) is 25.1 Å². The highest BCUT2D eigenvalue weighted by Gasteiger charge is 2.22. The fraction of sp³-hybridized carbons (Fsp3) is 0.467. The summed E-state index contributed by atoms with van der Waals surface area (Å²) < 4.78 is 1.42. The summed E-state index contributed by atoms with van der Waals surface area (Å²) >= 11 is 1.88. The van der Waals surface area contributed by atoms with E-state index < -0.39 is 0 Å². The monoisotopic (exact) mass is 260 g/mol. The first-order valence-corrected chi connectivity index (χ1v) is 7.69. The average molecular weight is 260 g/mol. The number of nitrogens with one attached hydrogen (secondary N) is 1. The summed E-state index contributed by atoms with van der Waals surface area (Å²) in [5.41, 5.74) is 1.53. The second-order valence-corrected chi connectivity index (χ2v) is 5.81. The van der Waals surface area contributed by atoms with Gasteiger partial charge in [0.15, 0.2) is 0 Å². The van der Waals surface area contributed by atoms with Gasteiger partial charge in [0, 0.05) is 36.9 Å². The third-order valence-corrected chi connectivity index (χ3v) is 4.83. The van der Waals surface area contributed by atoms with Crippen molar-refractivity contribution in [2.75, 3.05) is 26.2 Å². The second-order valence-electron chi connectivity index (χ2n) is 4.90. The number of fused-ring (bicyclic) bond motifs is 1. The Labute approximate surface area is 113 Å². The molecule has 96 valence electrons. The van der Waals surface area contributed by atoms with Crippen LogP contribution in [0.25, 0.3) is 10.1 Å². The molecular weight excluding hydrogens is 240 g/mol. The van der Waals surface area contributed by atoms with E-state index in [0.29, 0.717) is 6.04 Å². The van der Waals surface area contributed by atoms with Crippen molar-refractivity contribution < 1.29 is 0 Å². The molecule has 2 heterocycles. The van der Waals surface area contributed by atoms with Crippen molar-refractivity contribution in [2.45, 2.75) is 19.4 Å². The standard InChI is InChI=1S/C15H20N2S/c1-2-14(17-9-7-16-8-10-17)13-11-18-15-6-4-3-5-12(13)15/h3-6,11,14,16H,2,7-10H2,1H3/t14-/m0/s1. The van der Waals surface area contributed by atoms with Gasteiger partial charge in [0.25, 0.3) is 0 Å². The molecule has 1 atom stereocenters. The van der Waals surface area contributed by atoms with Crippen LogP contribution in [0.4, 0.5) is 0 Å². The molecule has 3 heteroatoms. The number of hydrogen-bond donors (Lipinski definition) is 1. The second kappa shape index (κ2) is 5.39. The van der Waals surface area contributed by atoms with Gasteiger partial charge in [-0.2, -0.15) is 0 Å². The number of benzene rings is 1. The van der Waals surface area contributed by atoms with E-state index in [-0.39, 0.29) is 0 Å². The Morgan fingerprint density at radius 1 is 1.28 bits per heavy atom. The van der Waals surface area contributed by atoms with E-state index in [0.717, 1.165) is 13.1 Å². The maximum absolute atomic E-state index is 3.44. The van der Waals surface area contributed by atoms with Crippen molar-refractivity contribution in [3.05, 3.63) is 35.2 Å². The maximum atomic E-state index is 3.44. The van der Waals surface area contributed by atoms with Crippen LogP contribution in [-0.2, 0) is 0 Å². The Balaban J connectivity index is 1.95. The van der Waals surface area contributed by atoms with Crippen molar-refractivity contribution >= 4 is 21.4 Å². The van der Waals surface area contributed by atoms with Crippen LogP contribution in [-0.4, -0.2) is 31.1 Å². The molecule has 1 aromatic carbocycles. The summed E-state index contributed by atoms with van der Waals surface area (Å²) in [7, 11) is 0. The Bertz CT molecular complexity index is 514. The molecule has 0 amide bonds. The number of thiophene rings is 1. The van der Waals surface area contributed by atoms with Crippen LogP contribution in [0.1, 0.15) is 24.9 Å². The van der Waals surface area contributed by atoms with Crippen LogP contribution in [0.2, 0.25) is 0 Å². The van der Waals surface area contributed by atoms with Gasteiger partial charge >= 0.3 is 0 Å². The number of piperazine rings is 1. The van der Waals surface area contributed by atoms with Gasteiger partial charge in [0.2, 0.25) is 0 Å². The average Bonchev–Trinajstić information content (AvgIpc) is 2.85. The molecule has 18 heavy (non-hydrogen) atoms. The minimum Gasteiger partial charge on any atom is -0.314 e. The molecule has 0 bridgehead atoms. The summed E-state index contributed by atoms with van der Waals surface area (Å²) in [6.45, 7) is 6.89. The largest absolute Gasteiger partial charge is 0.314 e. The topological polar surface area (TPSA) is 15.3 Å². The van der Waals surface area contributed by atoms with Crippen molar-refractivity contribution in [1.82, 2.24) is 10.2 Å². The lowest BCUT2D eigenvalue weighted by atomic mass is 10.0. The van der Waals surface area contributed by atoms with Crippen LogP contribution in [0.3, 0.4) is 0 Å². The lowest BCUT2D eigenvalue weighted by molar-refractivity contribution is 0.170. The van der Waals surface area contributed by atoms with E-state index in [1.54, 1.807) is 0 Å². The molecule has 1 aliphatic rings. The van der Waals surface area contributed by atoms with Crippen LogP contribution in [0, 0.1) is 0 Å². The number of nitrogens with zero attached hydrogens (tertiary/aromatic N) is 1. The minimum absolute atomic E-state index is 0.586. The van der Waals surface area contributed by atoms with Gasteiger partial charge in [0.1, 0.15) is 0 Å². The van der Waals surface area contributed by atoms with Crippen molar-refractivity contribution in [1.29, 1.82) is 0 Å². The van der Waals surface area contributed by atoms with Crippen LogP contribution in [0.15, 0.2) is 29.6 Å². The highest BCUT2D eigenvalue weighted by atomic mass is 32.1. The molecule has 0 radical (unpaired) electrons. The molecule has 1 fully saturated rings. The van der Waals surface area contributed by atoms with E-state index in [2.05, 4.69) is 46.8 Å². The van der Waals surface area contributed by atoms with Gasteiger partial charge in [-0.3, -0.25) is 4.90 Å². The lowest BCUT2D eigenvalue weighted by Gasteiger charge is -2.34.